The molecule has 2 aromatic heterocycles. The molecule has 6 nitrogen and oxygen atoms in total. The lowest BCUT2D eigenvalue weighted by molar-refractivity contribution is -0.131. The lowest BCUT2D eigenvalue weighted by Gasteiger charge is -2.01. The largest absolute Gasteiger partial charge is 0.478 e. The first-order valence-electron chi connectivity index (χ1n) is 6.75. The van der Waals surface area contributed by atoms with E-state index in [0.717, 1.165) is 5.39 Å². The van der Waals surface area contributed by atoms with Crippen molar-refractivity contribution in [1.29, 1.82) is 0 Å². The summed E-state index contributed by atoms with van der Waals surface area (Å²) in [4.78, 5) is 23.2. The third-order valence-electron chi connectivity index (χ3n) is 3.26. The predicted molar refractivity (Wildman–Crippen MR) is 87.3 cm³/mol. The second kappa shape index (κ2) is 5.77. The van der Waals surface area contributed by atoms with Crippen LogP contribution in [0.4, 0.5) is 5.69 Å². The Hall–Kier alpha value is -2.80. The molecule has 0 aliphatic rings. The number of nitrogens with one attached hydrogen (secondary N) is 1. The van der Waals surface area contributed by atoms with E-state index in [9.17, 15) is 14.7 Å². The molecule has 1 aromatic carbocycles. The van der Waals surface area contributed by atoms with Gasteiger partial charge in [0.25, 0.3) is 0 Å². The van der Waals surface area contributed by atoms with Gasteiger partial charge >= 0.3 is 11.9 Å². The van der Waals surface area contributed by atoms with Crippen molar-refractivity contribution >= 4 is 39.9 Å². The third-order valence-corrected chi connectivity index (χ3v) is 4.25. The Bertz CT molecular complexity index is 908. The second-order valence-corrected chi connectivity index (χ2v) is 5.67. The normalized spacial score (nSPS) is 10.7. The van der Waals surface area contributed by atoms with Gasteiger partial charge in [0.05, 0.1) is 10.6 Å². The Morgan fingerprint density at radius 2 is 2.13 bits per heavy atom. The van der Waals surface area contributed by atoms with Crippen LogP contribution in [0.3, 0.4) is 0 Å². The molecular formula is C16H13NO5S. The smallest absolute Gasteiger partial charge is 0.339 e. The summed E-state index contributed by atoms with van der Waals surface area (Å²) in [5.41, 5.74) is 1.09. The molecule has 0 radical (unpaired) electrons. The number of carbonyl (C=O) groups excluding carboxylic acids is 1. The Kier molecular flexibility index (Phi) is 3.79. The summed E-state index contributed by atoms with van der Waals surface area (Å²) in [5.74, 6) is -0.756. The first-order valence-corrected chi connectivity index (χ1v) is 7.63. The van der Waals surface area contributed by atoms with E-state index in [1.807, 2.05) is 6.07 Å². The van der Waals surface area contributed by atoms with Gasteiger partial charge in [0, 0.05) is 24.7 Å². The highest BCUT2D eigenvalue weighted by molar-refractivity contribution is 7.14. The van der Waals surface area contributed by atoms with Crippen molar-refractivity contribution in [2.45, 2.75) is 6.92 Å². The number of rotatable bonds is 4. The first-order chi connectivity index (χ1) is 11.0. The molecule has 0 unspecified atom stereocenters. The van der Waals surface area contributed by atoms with Crippen molar-refractivity contribution in [2.24, 2.45) is 0 Å². The number of benzene rings is 1. The highest BCUT2D eigenvalue weighted by Crippen LogP contribution is 2.40. The fourth-order valence-electron chi connectivity index (χ4n) is 2.32. The van der Waals surface area contributed by atoms with Gasteiger partial charge in [-0.15, -0.1) is 11.3 Å². The Balaban J connectivity index is 2.17. The summed E-state index contributed by atoms with van der Waals surface area (Å²) in [6, 6.07) is 6.91. The van der Waals surface area contributed by atoms with Crippen LogP contribution in [0.2, 0.25) is 0 Å². The minimum Gasteiger partial charge on any atom is -0.478 e. The number of thiophene rings is 1. The van der Waals surface area contributed by atoms with Gasteiger partial charge in [-0.25, -0.2) is 4.79 Å². The standard InChI is InChI=1S/C16H13NO5S/c1-8(18)21-11-5-3-4-9-6-12(22-14(9)11)15-13(16(19)20)10(17-2)7-23-15/h3-7,17H,1-2H3,(H,19,20). The molecule has 0 amide bonds. The second-order valence-electron chi connectivity index (χ2n) is 4.79. The summed E-state index contributed by atoms with van der Waals surface area (Å²) in [5, 5.41) is 14.7. The Morgan fingerprint density at radius 3 is 2.78 bits per heavy atom. The average Bonchev–Trinajstić information content (AvgIpc) is 3.10. The zero-order valence-corrected chi connectivity index (χ0v) is 13.2. The molecule has 0 atom stereocenters. The summed E-state index contributed by atoms with van der Waals surface area (Å²) in [6.07, 6.45) is 0. The number of carbonyl (C=O) groups is 2. The number of hydrogen-bond acceptors (Lipinski definition) is 6. The van der Waals surface area contributed by atoms with Crippen LogP contribution in [0.5, 0.6) is 5.75 Å². The van der Waals surface area contributed by atoms with E-state index in [-0.39, 0.29) is 5.56 Å². The van der Waals surface area contributed by atoms with Gasteiger partial charge in [-0.05, 0) is 12.1 Å². The number of furan rings is 1. The lowest BCUT2D eigenvalue weighted by atomic mass is 10.2. The van der Waals surface area contributed by atoms with Crippen molar-refractivity contribution in [1.82, 2.24) is 0 Å². The molecular weight excluding hydrogens is 318 g/mol. The zero-order chi connectivity index (χ0) is 16.6. The van der Waals surface area contributed by atoms with Gasteiger partial charge in [0.1, 0.15) is 11.3 Å². The highest BCUT2D eigenvalue weighted by Gasteiger charge is 2.22. The molecule has 2 heterocycles. The van der Waals surface area contributed by atoms with Crippen LogP contribution in [0, 0.1) is 0 Å². The van der Waals surface area contributed by atoms with Gasteiger partial charge in [-0.2, -0.15) is 0 Å². The van der Waals surface area contributed by atoms with E-state index in [1.54, 1.807) is 30.6 Å². The van der Waals surface area contributed by atoms with E-state index in [1.165, 1.54) is 18.3 Å². The highest BCUT2D eigenvalue weighted by atomic mass is 32.1. The number of esters is 1. The number of carboxylic acids is 1. The summed E-state index contributed by atoms with van der Waals surface area (Å²) in [6.45, 7) is 1.31. The van der Waals surface area contributed by atoms with Crippen LogP contribution < -0.4 is 10.1 Å². The van der Waals surface area contributed by atoms with E-state index in [4.69, 9.17) is 9.15 Å². The number of ether oxygens (including phenoxy) is 1. The maximum absolute atomic E-state index is 11.5. The van der Waals surface area contributed by atoms with Gasteiger partial charge in [0.2, 0.25) is 0 Å². The molecule has 0 bridgehead atoms. The molecule has 0 saturated heterocycles. The zero-order valence-electron chi connectivity index (χ0n) is 12.4. The summed E-state index contributed by atoms with van der Waals surface area (Å²) >= 11 is 1.27. The van der Waals surface area contributed by atoms with Gasteiger partial charge in [-0.1, -0.05) is 12.1 Å². The number of fused-ring (bicyclic) bond motifs is 1. The van der Waals surface area contributed by atoms with Crippen molar-refractivity contribution in [2.75, 3.05) is 12.4 Å². The summed E-state index contributed by atoms with van der Waals surface area (Å²) < 4.78 is 10.9. The quantitative estimate of drug-likeness (QED) is 0.558. The number of carboxylic acid groups (broad SMARTS) is 1. The molecule has 0 aliphatic heterocycles. The van der Waals surface area contributed by atoms with Gasteiger partial charge in [0.15, 0.2) is 11.3 Å². The predicted octanol–water partition coefficient (Wildman–Crippen LogP) is 3.83. The monoisotopic (exact) mass is 331 g/mol. The van der Waals surface area contributed by atoms with Crippen molar-refractivity contribution in [3.05, 3.63) is 35.2 Å². The first kappa shape index (κ1) is 15.1. The minimum absolute atomic E-state index is 0.158. The number of aromatic carboxylic acids is 1. The van der Waals surface area contributed by atoms with E-state index >= 15 is 0 Å². The van der Waals surface area contributed by atoms with Crippen LogP contribution in [-0.2, 0) is 4.79 Å². The van der Waals surface area contributed by atoms with Crippen LogP contribution in [-0.4, -0.2) is 24.1 Å². The fourth-order valence-corrected chi connectivity index (χ4v) is 3.32. The minimum atomic E-state index is -1.04. The van der Waals surface area contributed by atoms with Crippen molar-refractivity contribution in [3.63, 3.8) is 0 Å². The molecule has 23 heavy (non-hydrogen) atoms. The Labute approximate surface area is 135 Å². The summed E-state index contributed by atoms with van der Waals surface area (Å²) in [7, 11) is 1.66. The molecule has 7 heteroatoms. The van der Waals surface area contributed by atoms with Crippen LogP contribution >= 0.6 is 11.3 Å². The van der Waals surface area contributed by atoms with Crippen molar-refractivity contribution in [3.8, 4) is 16.4 Å². The van der Waals surface area contributed by atoms with Crippen LogP contribution in [0.15, 0.2) is 34.1 Å². The molecule has 0 fully saturated rings. The molecule has 0 spiro atoms. The van der Waals surface area contributed by atoms with E-state index in [0.29, 0.717) is 27.7 Å². The molecule has 0 saturated carbocycles. The molecule has 118 valence electrons. The van der Waals surface area contributed by atoms with Crippen LogP contribution in [0.25, 0.3) is 21.6 Å². The average molecular weight is 331 g/mol. The van der Waals surface area contributed by atoms with E-state index < -0.39 is 11.9 Å². The van der Waals surface area contributed by atoms with Gasteiger partial charge in [-0.3, -0.25) is 4.79 Å². The molecule has 3 rings (SSSR count). The maximum atomic E-state index is 11.5. The van der Waals surface area contributed by atoms with Crippen molar-refractivity contribution < 1.29 is 23.8 Å². The third kappa shape index (κ3) is 2.66. The molecule has 3 aromatic rings. The fraction of sp³-hybridized carbons (Fsp3) is 0.125. The van der Waals surface area contributed by atoms with Gasteiger partial charge < -0.3 is 19.6 Å². The maximum Gasteiger partial charge on any atom is 0.339 e. The number of anilines is 1. The number of hydrogen-bond donors (Lipinski definition) is 2. The van der Waals surface area contributed by atoms with Crippen LogP contribution in [0.1, 0.15) is 17.3 Å². The van der Waals surface area contributed by atoms with E-state index in [2.05, 4.69) is 5.32 Å². The lowest BCUT2D eigenvalue weighted by Crippen LogP contribution is -2.01. The Morgan fingerprint density at radius 1 is 1.35 bits per heavy atom. The SMILES string of the molecule is CNc1csc(-c2cc3cccc(OC(C)=O)c3o2)c1C(=O)O. The molecule has 0 aliphatic carbocycles. The topological polar surface area (TPSA) is 88.8 Å². The molecule has 2 N–H and O–H groups in total. The number of para-hydroxylation sites is 1.